The third-order valence-electron chi connectivity index (χ3n) is 2.97. The zero-order valence-corrected chi connectivity index (χ0v) is 14.1. The molecular weight excluding hydrogens is 336 g/mol. The molecule has 0 amide bonds. The number of nitrogens with one attached hydrogen (secondary N) is 1. The molecule has 0 aliphatic heterocycles. The predicted octanol–water partition coefficient (Wildman–Crippen LogP) is 3.44. The highest BCUT2D eigenvalue weighted by atomic mass is 79.9. The van der Waals surface area contributed by atoms with Crippen molar-refractivity contribution in [3.8, 4) is 0 Å². The van der Waals surface area contributed by atoms with E-state index in [1.54, 1.807) is 11.3 Å². The number of pyridine rings is 1. The molecule has 2 aromatic heterocycles. The van der Waals surface area contributed by atoms with E-state index in [4.69, 9.17) is 11.1 Å². The van der Waals surface area contributed by atoms with Crippen molar-refractivity contribution in [2.45, 2.75) is 20.4 Å². The van der Waals surface area contributed by atoms with Gasteiger partial charge in [0, 0.05) is 27.5 Å². The number of nitrogens with zero attached hydrogens (tertiary/aromatic N) is 2. The zero-order chi connectivity index (χ0) is 14.9. The highest BCUT2D eigenvalue weighted by Crippen LogP contribution is 2.26. The summed E-state index contributed by atoms with van der Waals surface area (Å²) in [6.45, 7) is 4.66. The second kappa shape index (κ2) is 5.93. The summed E-state index contributed by atoms with van der Waals surface area (Å²) < 4.78 is 1.09. The van der Waals surface area contributed by atoms with Crippen molar-refractivity contribution in [2.24, 2.45) is 5.73 Å². The third kappa shape index (κ3) is 3.19. The molecule has 0 fully saturated rings. The number of halogens is 1. The summed E-state index contributed by atoms with van der Waals surface area (Å²) in [5.74, 6) is 0.823. The molecule has 0 aliphatic rings. The summed E-state index contributed by atoms with van der Waals surface area (Å²) in [5, 5.41) is 9.83. The van der Waals surface area contributed by atoms with Gasteiger partial charge in [0.1, 0.15) is 11.7 Å². The van der Waals surface area contributed by atoms with Crippen molar-refractivity contribution in [1.82, 2.24) is 4.98 Å². The van der Waals surface area contributed by atoms with Gasteiger partial charge in [-0.05, 0) is 47.5 Å². The van der Waals surface area contributed by atoms with Gasteiger partial charge in [-0.15, -0.1) is 11.3 Å². The molecule has 0 spiro atoms. The van der Waals surface area contributed by atoms with Crippen LogP contribution in [0.5, 0.6) is 0 Å². The monoisotopic (exact) mass is 352 g/mol. The maximum Gasteiger partial charge on any atom is 0.140 e. The number of aromatic nitrogens is 1. The van der Waals surface area contributed by atoms with Gasteiger partial charge in [-0.25, -0.2) is 4.98 Å². The minimum Gasteiger partial charge on any atom is -0.384 e. The maximum atomic E-state index is 7.77. The van der Waals surface area contributed by atoms with E-state index in [1.807, 2.05) is 31.9 Å². The van der Waals surface area contributed by atoms with Crippen LogP contribution in [0.3, 0.4) is 0 Å². The summed E-state index contributed by atoms with van der Waals surface area (Å²) in [7, 11) is 1.97. The summed E-state index contributed by atoms with van der Waals surface area (Å²) >= 11 is 5.16. The predicted molar refractivity (Wildman–Crippen MR) is 88.9 cm³/mol. The number of rotatable bonds is 4. The standard InChI is InChI=1S/C14H17BrN4S/c1-8-4-9(2)18-14(12(8)13(16)17)19(3)6-11-5-10(15)7-20-11/h4-5,7H,6H2,1-3H3,(H3,16,17). The normalized spacial score (nSPS) is 10.6. The van der Waals surface area contributed by atoms with E-state index in [9.17, 15) is 0 Å². The lowest BCUT2D eigenvalue weighted by Crippen LogP contribution is -2.24. The summed E-state index contributed by atoms with van der Waals surface area (Å²) in [4.78, 5) is 7.82. The Hall–Kier alpha value is -1.40. The Bertz CT molecular complexity index is 651. The van der Waals surface area contributed by atoms with Crippen molar-refractivity contribution in [2.75, 3.05) is 11.9 Å². The molecule has 2 heterocycles. The first-order valence-electron chi connectivity index (χ1n) is 6.15. The van der Waals surface area contributed by atoms with Crippen LogP contribution < -0.4 is 10.6 Å². The Morgan fingerprint density at radius 1 is 1.45 bits per heavy atom. The molecule has 4 nitrogen and oxygen atoms in total. The van der Waals surface area contributed by atoms with Crippen LogP contribution in [-0.4, -0.2) is 17.9 Å². The van der Waals surface area contributed by atoms with Crippen LogP contribution in [0, 0.1) is 19.3 Å². The number of anilines is 1. The number of hydrogen-bond acceptors (Lipinski definition) is 4. The van der Waals surface area contributed by atoms with Gasteiger partial charge < -0.3 is 10.6 Å². The topological polar surface area (TPSA) is 66.0 Å². The zero-order valence-electron chi connectivity index (χ0n) is 11.7. The van der Waals surface area contributed by atoms with Gasteiger partial charge in [0.15, 0.2) is 0 Å². The second-order valence-electron chi connectivity index (χ2n) is 4.78. The van der Waals surface area contributed by atoms with Crippen LogP contribution in [0.2, 0.25) is 0 Å². The van der Waals surface area contributed by atoms with E-state index in [-0.39, 0.29) is 5.84 Å². The van der Waals surface area contributed by atoms with E-state index in [2.05, 4.69) is 32.4 Å². The number of amidine groups is 1. The molecule has 0 atom stereocenters. The van der Waals surface area contributed by atoms with Crippen LogP contribution >= 0.6 is 27.3 Å². The highest BCUT2D eigenvalue weighted by Gasteiger charge is 2.16. The molecule has 3 N–H and O–H groups in total. The Kier molecular flexibility index (Phi) is 4.45. The molecule has 2 rings (SSSR count). The van der Waals surface area contributed by atoms with Crippen LogP contribution in [0.4, 0.5) is 5.82 Å². The van der Waals surface area contributed by atoms with E-state index in [0.29, 0.717) is 5.56 Å². The lowest BCUT2D eigenvalue weighted by atomic mass is 10.1. The first-order valence-corrected chi connectivity index (χ1v) is 7.82. The minimum atomic E-state index is 0.0595. The molecule has 0 saturated carbocycles. The fraction of sp³-hybridized carbons (Fsp3) is 0.286. The maximum absolute atomic E-state index is 7.77. The average molecular weight is 353 g/mol. The molecule has 0 aliphatic carbocycles. The molecule has 2 aromatic rings. The van der Waals surface area contributed by atoms with Crippen LogP contribution in [0.15, 0.2) is 22.0 Å². The quantitative estimate of drug-likeness (QED) is 0.654. The van der Waals surface area contributed by atoms with Gasteiger partial charge in [-0.1, -0.05) is 0 Å². The second-order valence-corrected chi connectivity index (χ2v) is 6.69. The van der Waals surface area contributed by atoms with E-state index in [1.165, 1.54) is 4.88 Å². The van der Waals surface area contributed by atoms with Crippen molar-refractivity contribution in [3.05, 3.63) is 43.7 Å². The Balaban J connectivity index is 2.38. The van der Waals surface area contributed by atoms with Crippen LogP contribution in [0.25, 0.3) is 0 Å². The Labute approximate surface area is 131 Å². The van der Waals surface area contributed by atoms with Gasteiger partial charge in [-0.3, -0.25) is 5.41 Å². The summed E-state index contributed by atoms with van der Waals surface area (Å²) in [5.41, 5.74) is 8.35. The van der Waals surface area contributed by atoms with E-state index in [0.717, 1.165) is 28.1 Å². The first kappa shape index (κ1) is 15.0. The smallest absolute Gasteiger partial charge is 0.140 e. The molecule has 6 heteroatoms. The summed E-state index contributed by atoms with van der Waals surface area (Å²) in [6.07, 6.45) is 0. The Morgan fingerprint density at radius 2 is 2.15 bits per heavy atom. The number of nitrogen functional groups attached to an aromatic ring is 1. The molecule has 0 bridgehead atoms. The van der Waals surface area contributed by atoms with Crippen LogP contribution in [-0.2, 0) is 6.54 Å². The molecule has 0 saturated heterocycles. The number of aryl methyl sites for hydroxylation is 2. The highest BCUT2D eigenvalue weighted by molar-refractivity contribution is 9.10. The van der Waals surface area contributed by atoms with Gasteiger partial charge in [0.05, 0.1) is 12.1 Å². The molecule has 20 heavy (non-hydrogen) atoms. The molecule has 0 radical (unpaired) electrons. The molecule has 0 unspecified atom stereocenters. The largest absolute Gasteiger partial charge is 0.384 e. The van der Waals surface area contributed by atoms with Gasteiger partial charge in [-0.2, -0.15) is 0 Å². The number of thiophene rings is 1. The minimum absolute atomic E-state index is 0.0595. The van der Waals surface area contributed by atoms with Gasteiger partial charge in [0.25, 0.3) is 0 Å². The van der Waals surface area contributed by atoms with Crippen LogP contribution in [0.1, 0.15) is 21.7 Å². The van der Waals surface area contributed by atoms with Crippen molar-refractivity contribution >= 4 is 38.9 Å². The van der Waals surface area contributed by atoms with Gasteiger partial charge >= 0.3 is 0 Å². The van der Waals surface area contributed by atoms with Gasteiger partial charge in [0.2, 0.25) is 0 Å². The summed E-state index contributed by atoms with van der Waals surface area (Å²) in [6, 6.07) is 4.05. The average Bonchev–Trinajstić information content (AvgIpc) is 2.72. The lowest BCUT2D eigenvalue weighted by molar-refractivity contribution is 0.900. The first-order chi connectivity index (χ1) is 9.38. The lowest BCUT2D eigenvalue weighted by Gasteiger charge is -2.22. The number of hydrogen-bond donors (Lipinski definition) is 2. The third-order valence-corrected chi connectivity index (χ3v) is 4.65. The van der Waals surface area contributed by atoms with Crippen molar-refractivity contribution in [3.63, 3.8) is 0 Å². The van der Waals surface area contributed by atoms with E-state index < -0.39 is 0 Å². The van der Waals surface area contributed by atoms with E-state index >= 15 is 0 Å². The fourth-order valence-corrected chi connectivity index (χ4v) is 3.67. The molecular formula is C14H17BrN4S. The number of nitrogens with two attached hydrogens (primary N) is 1. The Morgan fingerprint density at radius 3 is 2.70 bits per heavy atom. The van der Waals surface area contributed by atoms with Crippen molar-refractivity contribution in [1.29, 1.82) is 5.41 Å². The fourth-order valence-electron chi connectivity index (χ4n) is 2.17. The van der Waals surface area contributed by atoms with Crippen molar-refractivity contribution < 1.29 is 0 Å². The molecule has 106 valence electrons. The SMILES string of the molecule is Cc1cc(C)c(C(=N)N)c(N(C)Cc2cc(Br)cs2)n1. The molecule has 0 aromatic carbocycles.